The standard InChI is InChI=1S/C18H22N2O3/c1-3-20(6-7-21)16-11-17(22)14(10-18(16)23)9-13-4-5-15(19)12(2)8-13/h4-5,8,10-11,21H,3,6-7,9,19H2,1-2H3. The maximum Gasteiger partial charge on any atom is 0.202 e. The fourth-order valence-electron chi connectivity index (χ4n) is 2.61. The highest BCUT2D eigenvalue weighted by atomic mass is 16.3. The number of aryl methyl sites for hydroxylation is 1. The van der Waals surface area contributed by atoms with Crippen LogP contribution in [0.1, 0.15) is 18.1 Å². The highest BCUT2D eigenvalue weighted by Crippen LogP contribution is 2.21. The van der Waals surface area contributed by atoms with Gasteiger partial charge in [0, 0.05) is 36.8 Å². The lowest BCUT2D eigenvalue weighted by Crippen LogP contribution is -2.32. The number of aliphatic hydroxyl groups is 1. The van der Waals surface area contributed by atoms with Crippen LogP contribution in [-0.2, 0) is 16.0 Å². The zero-order valence-corrected chi connectivity index (χ0v) is 13.5. The zero-order chi connectivity index (χ0) is 17.0. The molecule has 0 saturated heterocycles. The van der Waals surface area contributed by atoms with Crippen molar-refractivity contribution < 1.29 is 14.7 Å². The average molecular weight is 314 g/mol. The molecule has 0 radical (unpaired) electrons. The molecule has 0 saturated carbocycles. The Morgan fingerprint density at radius 3 is 2.52 bits per heavy atom. The summed E-state index contributed by atoms with van der Waals surface area (Å²) in [7, 11) is 0. The van der Waals surface area contributed by atoms with Crippen LogP contribution in [-0.4, -0.2) is 41.3 Å². The van der Waals surface area contributed by atoms with E-state index < -0.39 is 0 Å². The zero-order valence-electron chi connectivity index (χ0n) is 13.5. The molecule has 23 heavy (non-hydrogen) atoms. The topological polar surface area (TPSA) is 83.6 Å². The molecule has 0 amide bonds. The van der Waals surface area contributed by atoms with Crippen molar-refractivity contribution in [3.05, 3.63) is 52.7 Å². The van der Waals surface area contributed by atoms with Gasteiger partial charge in [0.2, 0.25) is 5.78 Å². The maximum absolute atomic E-state index is 12.3. The number of nitrogens with zero attached hydrogens (tertiary/aromatic N) is 1. The second-order valence-electron chi connectivity index (χ2n) is 5.60. The van der Waals surface area contributed by atoms with Gasteiger partial charge >= 0.3 is 0 Å². The van der Waals surface area contributed by atoms with E-state index in [1.54, 1.807) is 4.90 Å². The molecular formula is C18H22N2O3. The summed E-state index contributed by atoms with van der Waals surface area (Å²) in [5.41, 5.74) is 9.23. The predicted octanol–water partition coefficient (Wildman–Crippen LogP) is 1.40. The first-order chi connectivity index (χ1) is 11.0. The van der Waals surface area contributed by atoms with E-state index >= 15 is 0 Å². The molecular weight excluding hydrogens is 292 g/mol. The maximum atomic E-state index is 12.3. The summed E-state index contributed by atoms with van der Waals surface area (Å²) in [6.07, 6.45) is 3.19. The molecule has 0 atom stereocenters. The average Bonchev–Trinajstić information content (AvgIpc) is 2.52. The number of ketones is 2. The minimum Gasteiger partial charge on any atom is -0.399 e. The van der Waals surface area contributed by atoms with Crippen molar-refractivity contribution in [1.29, 1.82) is 0 Å². The van der Waals surface area contributed by atoms with Gasteiger partial charge in [0.1, 0.15) is 0 Å². The van der Waals surface area contributed by atoms with Gasteiger partial charge in [-0.15, -0.1) is 0 Å². The number of hydrogen-bond donors (Lipinski definition) is 2. The molecule has 0 aliphatic heterocycles. The van der Waals surface area contributed by atoms with Crippen LogP contribution >= 0.6 is 0 Å². The fourth-order valence-corrected chi connectivity index (χ4v) is 2.61. The van der Waals surface area contributed by atoms with Gasteiger partial charge in [0.25, 0.3) is 0 Å². The highest BCUT2D eigenvalue weighted by Gasteiger charge is 2.23. The van der Waals surface area contributed by atoms with Gasteiger partial charge in [-0.2, -0.15) is 0 Å². The normalized spacial score (nSPS) is 14.6. The number of allylic oxidation sites excluding steroid dienone is 3. The van der Waals surface area contributed by atoms with Gasteiger partial charge in [-0.3, -0.25) is 9.59 Å². The minimum absolute atomic E-state index is 0.0616. The van der Waals surface area contributed by atoms with Crippen LogP contribution < -0.4 is 5.73 Å². The molecule has 3 N–H and O–H groups in total. The van der Waals surface area contributed by atoms with Crippen LogP contribution in [0.25, 0.3) is 0 Å². The summed E-state index contributed by atoms with van der Waals surface area (Å²) in [6.45, 7) is 4.62. The summed E-state index contributed by atoms with van der Waals surface area (Å²) in [5, 5.41) is 9.06. The number of rotatable bonds is 6. The number of carbonyl (C=O) groups is 2. The lowest BCUT2D eigenvalue weighted by atomic mass is 9.94. The van der Waals surface area contributed by atoms with E-state index in [4.69, 9.17) is 10.8 Å². The van der Waals surface area contributed by atoms with E-state index in [1.807, 2.05) is 32.0 Å². The smallest absolute Gasteiger partial charge is 0.202 e. The largest absolute Gasteiger partial charge is 0.399 e. The van der Waals surface area contributed by atoms with E-state index in [0.717, 1.165) is 11.1 Å². The summed E-state index contributed by atoms with van der Waals surface area (Å²) in [4.78, 5) is 26.3. The summed E-state index contributed by atoms with van der Waals surface area (Å²) >= 11 is 0. The van der Waals surface area contributed by atoms with Crippen LogP contribution in [0, 0.1) is 6.92 Å². The molecule has 0 spiro atoms. The molecule has 5 heteroatoms. The van der Waals surface area contributed by atoms with Gasteiger partial charge in [0.15, 0.2) is 5.78 Å². The molecule has 0 heterocycles. The molecule has 0 unspecified atom stereocenters. The van der Waals surface area contributed by atoms with Crippen molar-refractivity contribution in [2.75, 3.05) is 25.4 Å². The van der Waals surface area contributed by atoms with E-state index in [2.05, 4.69) is 0 Å². The third-order valence-electron chi connectivity index (χ3n) is 3.96. The van der Waals surface area contributed by atoms with E-state index in [-0.39, 0.29) is 18.2 Å². The van der Waals surface area contributed by atoms with E-state index in [0.29, 0.717) is 36.5 Å². The third kappa shape index (κ3) is 3.87. The first-order valence-electron chi connectivity index (χ1n) is 7.68. The molecule has 0 fully saturated rings. The van der Waals surface area contributed by atoms with Crippen molar-refractivity contribution in [3.63, 3.8) is 0 Å². The van der Waals surface area contributed by atoms with Crippen LogP contribution in [0.3, 0.4) is 0 Å². The summed E-state index contributed by atoms with van der Waals surface area (Å²) in [6, 6.07) is 5.60. The first kappa shape index (κ1) is 17.0. The Bertz CT molecular complexity index is 690. The number of aliphatic hydroxyl groups excluding tert-OH is 1. The van der Waals surface area contributed by atoms with Crippen molar-refractivity contribution >= 4 is 17.3 Å². The third-order valence-corrected chi connectivity index (χ3v) is 3.96. The number of benzene rings is 1. The van der Waals surface area contributed by atoms with Crippen LogP contribution in [0.4, 0.5) is 5.69 Å². The second kappa shape index (κ2) is 7.24. The number of nitrogen functional groups attached to an aromatic ring is 1. The Kier molecular flexibility index (Phi) is 5.34. The summed E-state index contributed by atoms with van der Waals surface area (Å²) in [5.74, 6) is -0.354. The molecule has 1 aliphatic carbocycles. The summed E-state index contributed by atoms with van der Waals surface area (Å²) < 4.78 is 0. The van der Waals surface area contributed by atoms with Crippen molar-refractivity contribution in [3.8, 4) is 0 Å². The monoisotopic (exact) mass is 314 g/mol. The lowest BCUT2D eigenvalue weighted by Gasteiger charge is -2.25. The molecule has 1 aromatic carbocycles. The fraction of sp³-hybridized carbons (Fsp3) is 0.333. The molecule has 0 aromatic heterocycles. The molecule has 2 rings (SSSR count). The van der Waals surface area contributed by atoms with Gasteiger partial charge in [-0.25, -0.2) is 0 Å². The molecule has 1 aromatic rings. The van der Waals surface area contributed by atoms with Crippen LogP contribution in [0.15, 0.2) is 41.6 Å². The number of anilines is 1. The molecule has 5 nitrogen and oxygen atoms in total. The number of carbonyl (C=O) groups excluding carboxylic acids is 2. The Balaban J connectivity index is 2.19. The van der Waals surface area contributed by atoms with Crippen LogP contribution in [0.2, 0.25) is 0 Å². The van der Waals surface area contributed by atoms with Crippen molar-refractivity contribution in [2.24, 2.45) is 0 Å². The van der Waals surface area contributed by atoms with Crippen LogP contribution in [0.5, 0.6) is 0 Å². The van der Waals surface area contributed by atoms with E-state index in [1.165, 1.54) is 12.2 Å². The Morgan fingerprint density at radius 2 is 1.91 bits per heavy atom. The van der Waals surface area contributed by atoms with Gasteiger partial charge in [-0.1, -0.05) is 12.1 Å². The van der Waals surface area contributed by atoms with Crippen molar-refractivity contribution in [1.82, 2.24) is 4.90 Å². The Labute approximate surface area is 136 Å². The number of hydrogen-bond acceptors (Lipinski definition) is 5. The van der Waals surface area contributed by atoms with Gasteiger partial charge in [0.05, 0.1) is 12.3 Å². The molecule has 1 aliphatic rings. The number of nitrogens with two attached hydrogens (primary N) is 1. The second-order valence-corrected chi connectivity index (χ2v) is 5.60. The first-order valence-corrected chi connectivity index (χ1v) is 7.68. The number of likely N-dealkylation sites (N-methyl/N-ethyl adjacent to an activating group) is 1. The van der Waals surface area contributed by atoms with Crippen molar-refractivity contribution in [2.45, 2.75) is 20.3 Å². The quantitative estimate of drug-likeness (QED) is 0.612. The highest BCUT2D eigenvalue weighted by molar-refractivity contribution is 6.19. The molecule has 122 valence electrons. The van der Waals surface area contributed by atoms with Gasteiger partial charge < -0.3 is 15.7 Å². The van der Waals surface area contributed by atoms with E-state index in [9.17, 15) is 9.59 Å². The molecule has 0 bridgehead atoms. The Morgan fingerprint density at radius 1 is 1.17 bits per heavy atom. The lowest BCUT2D eigenvalue weighted by molar-refractivity contribution is -0.116. The SMILES string of the molecule is CCN(CCO)C1=CC(=O)C(Cc2ccc(N)c(C)c2)=CC1=O. The predicted molar refractivity (Wildman–Crippen MR) is 89.8 cm³/mol. The minimum atomic E-state index is -0.193. The Hall–Kier alpha value is -2.40. The van der Waals surface area contributed by atoms with Gasteiger partial charge in [-0.05, 0) is 37.1 Å².